The molecule has 5 rings (SSSR count). The van der Waals surface area contributed by atoms with E-state index < -0.39 is 12.1 Å². The Morgan fingerprint density at radius 3 is 2.32 bits per heavy atom. The second-order valence-corrected chi connectivity index (χ2v) is 8.64. The van der Waals surface area contributed by atoms with Crippen molar-refractivity contribution in [2.75, 3.05) is 11.9 Å². The molecule has 174 valence electrons. The van der Waals surface area contributed by atoms with Gasteiger partial charge in [-0.1, -0.05) is 48.5 Å². The van der Waals surface area contributed by atoms with Crippen molar-refractivity contribution in [1.29, 1.82) is 0 Å². The van der Waals surface area contributed by atoms with Gasteiger partial charge in [0, 0.05) is 24.1 Å². The molecular weight excluding hydrogens is 436 g/mol. The Morgan fingerprint density at radius 2 is 1.68 bits per heavy atom. The van der Waals surface area contributed by atoms with Crippen LogP contribution < -0.4 is 10.6 Å². The largest absolute Gasteiger partial charge is 0.480 e. The topological polar surface area (TPSA) is 123 Å². The van der Waals surface area contributed by atoms with Crippen LogP contribution in [0.5, 0.6) is 0 Å². The molecule has 2 aliphatic carbocycles. The number of hydrogen-bond acceptors (Lipinski definition) is 5. The van der Waals surface area contributed by atoms with Gasteiger partial charge in [0.25, 0.3) is 0 Å². The number of amides is 2. The maximum atomic E-state index is 12.4. The smallest absolute Gasteiger partial charge is 0.407 e. The first-order valence-electron chi connectivity index (χ1n) is 11.1. The number of benzene rings is 2. The fourth-order valence-electron chi connectivity index (χ4n) is 4.65. The predicted octanol–water partition coefficient (Wildman–Crippen LogP) is 3.22. The van der Waals surface area contributed by atoms with Gasteiger partial charge in [0.05, 0.1) is 11.9 Å². The highest BCUT2D eigenvalue weighted by Crippen LogP contribution is 2.44. The summed E-state index contributed by atoms with van der Waals surface area (Å²) in [5, 5.41) is 18.3. The first-order chi connectivity index (χ1) is 16.5. The lowest BCUT2D eigenvalue weighted by Crippen LogP contribution is -2.48. The number of carbonyl (C=O) groups is 3. The highest BCUT2D eigenvalue weighted by Gasteiger charge is 2.36. The number of carbonyl (C=O) groups excluding carboxylic acids is 2. The summed E-state index contributed by atoms with van der Waals surface area (Å²) in [7, 11) is 0. The minimum atomic E-state index is -1.01. The molecule has 1 aromatic heterocycles. The second-order valence-electron chi connectivity index (χ2n) is 8.64. The van der Waals surface area contributed by atoms with Crippen LogP contribution in [-0.2, 0) is 20.9 Å². The first kappa shape index (κ1) is 21.7. The number of nitrogens with one attached hydrogen (secondary N) is 2. The molecule has 9 heteroatoms. The van der Waals surface area contributed by atoms with E-state index in [1.165, 1.54) is 28.2 Å². The van der Waals surface area contributed by atoms with E-state index in [-0.39, 0.29) is 36.9 Å². The number of ether oxygens (including phenoxy) is 1. The molecule has 0 radical (unpaired) electrons. The van der Waals surface area contributed by atoms with Crippen LogP contribution in [0.4, 0.5) is 10.5 Å². The van der Waals surface area contributed by atoms with Crippen molar-refractivity contribution in [1.82, 2.24) is 15.1 Å². The minimum absolute atomic E-state index is 0.000102. The zero-order valence-corrected chi connectivity index (χ0v) is 18.3. The minimum Gasteiger partial charge on any atom is -0.480 e. The molecule has 9 nitrogen and oxygen atoms in total. The van der Waals surface area contributed by atoms with E-state index in [0.29, 0.717) is 18.5 Å². The molecule has 2 amide bonds. The summed E-state index contributed by atoms with van der Waals surface area (Å²) in [6, 6.07) is 16.2. The predicted molar refractivity (Wildman–Crippen MR) is 123 cm³/mol. The SMILES string of the molecule is O=C(O)Cn1cc(NC(=O)C2CC(NC(=O)OCC3c4ccccc4-c4ccccc43)C2)cn1. The number of hydrogen-bond donors (Lipinski definition) is 3. The van der Waals surface area contributed by atoms with E-state index in [0.717, 1.165) is 11.1 Å². The number of aromatic nitrogens is 2. The summed E-state index contributed by atoms with van der Waals surface area (Å²) in [5.41, 5.74) is 5.10. The van der Waals surface area contributed by atoms with Crippen molar-refractivity contribution in [2.45, 2.75) is 31.3 Å². The van der Waals surface area contributed by atoms with Crippen molar-refractivity contribution in [3.8, 4) is 11.1 Å². The average Bonchev–Trinajstić information content (AvgIpc) is 3.35. The van der Waals surface area contributed by atoms with Crippen molar-refractivity contribution >= 4 is 23.7 Å². The number of aliphatic carboxylic acids is 1. The van der Waals surface area contributed by atoms with Gasteiger partial charge in [0.1, 0.15) is 13.2 Å². The zero-order valence-electron chi connectivity index (χ0n) is 18.3. The third-order valence-electron chi connectivity index (χ3n) is 6.37. The number of carboxylic acids is 1. The summed E-state index contributed by atoms with van der Waals surface area (Å²) >= 11 is 0. The van der Waals surface area contributed by atoms with E-state index in [1.807, 2.05) is 24.3 Å². The summed E-state index contributed by atoms with van der Waals surface area (Å²) < 4.78 is 6.80. The van der Waals surface area contributed by atoms with E-state index in [4.69, 9.17) is 9.84 Å². The lowest BCUT2D eigenvalue weighted by Gasteiger charge is -2.34. The van der Waals surface area contributed by atoms with E-state index >= 15 is 0 Å². The van der Waals surface area contributed by atoms with Gasteiger partial charge in [-0.25, -0.2) is 4.79 Å². The number of rotatable bonds is 7. The molecule has 0 bridgehead atoms. The van der Waals surface area contributed by atoms with Gasteiger partial charge in [0.15, 0.2) is 0 Å². The number of anilines is 1. The van der Waals surface area contributed by atoms with Gasteiger partial charge < -0.3 is 20.5 Å². The number of carboxylic acid groups (broad SMARTS) is 1. The summed E-state index contributed by atoms with van der Waals surface area (Å²) in [5.74, 6) is -1.43. The molecule has 3 N–H and O–H groups in total. The Balaban J connectivity index is 1.09. The molecular formula is C25H24N4O5. The molecule has 0 saturated heterocycles. The molecule has 2 aromatic carbocycles. The quantitative estimate of drug-likeness (QED) is 0.498. The summed E-state index contributed by atoms with van der Waals surface area (Å²) in [4.78, 5) is 35.5. The van der Waals surface area contributed by atoms with Crippen molar-refractivity contribution in [3.05, 3.63) is 72.1 Å². The van der Waals surface area contributed by atoms with Crippen LogP contribution in [0.3, 0.4) is 0 Å². The molecule has 3 aromatic rings. The van der Waals surface area contributed by atoms with Crippen molar-refractivity contribution in [3.63, 3.8) is 0 Å². The Bertz CT molecular complexity index is 1200. The second kappa shape index (κ2) is 9.01. The average molecular weight is 460 g/mol. The van der Waals surface area contributed by atoms with E-state index in [9.17, 15) is 14.4 Å². The molecule has 2 aliphatic rings. The molecule has 0 aliphatic heterocycles. The lowest BCUT2D eigenvalue weighted by atomic mass is 9.79. The van der Waals surface area contributed by atoms with Gasteiger partial charge in [-0.05, 0) is 35.1 Å². The highest BCUT2D eigenvalue weighted by molar-refractivity contribution is 5.93. The fourth-order valence-corrected chi connectivity index (χ4v) is 4.65. The number of alkyl carbamates (subject to hydrolysis) is 1. The van der Waals surface area contributed by atoms with Crippen LogP contribution in [0.25, 0.3) is 11.1 Å². The third kappa shape index (κ3) is 4.36. The normalized spacial score (nSPS) is 18.4. The maximum absolute atomic E-state index is 12.4. The molecule has 1 saturated carbocycles. The monoisotopic (exact) mass is 460 g/mol. The van der Waals surface area contributed by atoms with Gasteiger partial charge >= 0.3 is 12.1 Å². The summed E-state index contributed by atoms with van der Waals surface area (Å²) in [6.45, 7) is -0.0255. The van der Waals surface area contributed by atoms with Crippen molar-refractivity contribution in [2.24, 2.45) is 5.92 Å². The van der Waals surface area contributed by atoms with Crippen LogP contribution in [-0.4, -0.2) is 45.5 Å². The molecule has 1 heterocycles. The molecule has 0 spiro atoms. The Kier molecular flexibility index (Phi) is 5.75. The fraction of sp³-hybridized carbons (Fsp3) is 0.280. The Labute approximate surface area is 195 Å². The van der Waals surface area contributed by atoms with E-state index in [2.05, 4.69) is 40.0 Å². The van der Waals surface area contributed by atoms with Gasteiger partial charge in [0.2, 0.25) is 5.91 Å². The highest BCUT2D eigenvalue weighted by atomic mass is 16.5. The Hall–Kier alpha value is -4.14. The van der Waals surface area contributed by atoms with Crippen LogP contribution in [0.2, 0.25) is 0 Å². The van der Waals surface area contributed by atoms with Crippen LogP contribution >= 0.6 is 0 Å². The number of fused-ring (bicyclic) bond motifs is 3. The Morgan fingerprint density at radius 1 is 1.03 bits per heavy atom. The van der Waals surface area contributed by atoms with Crippen LogP contribution in [0.1, 0.15) is 29.9 Å². The molecule has 0 unspecified atom stereocenters. The number of nitrogens with zero attached hydrogens (tertiary/aromatic N) is 2. The summed E-state index contributed by atoms with van der Waals surface area (Å²) in [6.07, 6.45) is 3.42. The standard InChI is InChI=1S/C25H24N4O5/c30-23(31)13-29-12-17(11-26-29)27-24(32)15-9-16(10-15)28-25(33)34-14-22-20-7-3-1-5-18(20)19-6-2-4-8-21(19)22/h1-8,11-12,15-16,22H,9-10,13-14H2,(H,27,32)(H,28,33)(H,30,31). The first-order valence-corrected chi connectivity index (χ1v) is 11.1. The van der Waals surface area contributed by atoms with Crippen molar-refractivity contribution < 1.29 is 24.2 Å². The molecule has 1 fully saturated rings. The van der Waals surface area contributed by atoms with E-state index in [1.54, 1.807) is 0 Å². The maximum Gasteiger partial charge on any atom is 0.407 e. The van der Waals surface area contributed by atoms with Gasteiger partial charge in [-0.3, -0.25) is 14.3 Å². The van der Waals surface area contributed by atoms with Gasteiger partial charge in [-0.2, -0.15) is 5.10 Å². The zero-order chi connectivity index (χ0) is 23.7. The van der Waals surface area contributed by atoms with Gasteiger partial charge in [-0.15, -0.1) is 0 Å². The lowest BCUT2D eigenvalue weighted by molar-refractivity contribution is -0.137. The molecule has 34 heavy (non-hydrogen) atoms. The third-order valence-corrected chi connectivity index (χ3v) is 6.37. The molecule has 0 atom stereocenters. The van der Waals surface area contributed by atoms with Crippen LogP contribution in [0.15, 0.2) is 60.9 Å². The van der Waals surface area contributed by atoms with Crippen LogP contribution in [0, 0.1) is 5.92 Å².